The smallest absolute Gasteiger partial charge is 0.408 e. The topological polar surface area (TPSA) is 195 Å². The summed E-state index contributed by atoms with van der Waals surface area (Å²) in [5.41, 5.74) is -3.92. The maximum absolute atomic E-state index is 16.6. The van der Waals surface area contributed by atoms with Crippen LogP contribution in [0.5, 0.6) is 11.6 Å². The first-order chi connectivity index (χ1) is 29.6. The molecule has 4 amide bonds. The molecule has 7 rings (SSSR count). The number of benzene rings is 1. The zero-order chi connectivity index (χ0) is 45.8. The SMILES string of the molecule is C#C[C@@H]1C[C@H]2CCCCC(F)(F)c3nc4ccc(OC)cc4nc3O[C@H]3CN(C(=O)[C@H](C(C)(C)C)NC(=O)O[C@@H]2C1)[C@H](C(=O)N[C@]1(C(=O)NS(=O)(=O)C2CC2)C[C@H]1C(F)F)[C@@H]3CC. The number of amides is 4. The molecule has 1 aromatic carbocycles. The van der Waals surface area contributed by atoms with Crippen LogP contribution in [0.3, 0.4) is 0 Å². The van der Waals surface area contributed by atoms with E-state index in [0.29, 0.717) is 31.4 Å². The number of nitrogens with one attached hydrogen (secondary N) is 3. The van der Waals surface area contributed by atoms with Crippen molar-refractivity contribution >= 4 is 44.9 Å². The molecule has 3 aliphatic carbocycles. The molecular formula is C43H54F4N6O9S. The van der Waals surface area contributed by atoms with Crippen LogP contribution in [0.15, 0.2) is 18.2 Å². The van der Waals surface area contributed by atoms with Gasteiger partial charge in [-0.05, 0) is 74.8 Å². The molecule has 3 N–H and O–H groups in total. The third-order valence-electron chi connectivity index (χ3n) is 13.2. The summed E-state index contributed by atoms with van der Waals surface area (Å²) >= 11 is 0. The van der Waals surface area contributed by atoms with E-state index in [1.807, 2.05) is 4.72 Å². The highest BCUT2D eigenvalue weighted by atomic mass is 32.2. The molecule has 9 atom stereocenters. The number of terminal acetylenes is 1. The first-order valence-electron chi connectivity index (χ1n) is 21.4. The predicted octanol–water partition coefficient (Wildman–Crippen LogP) is 5.21. The Morgan fingerprint density at radius 1 is 1.08 bits per heavy atom. The molecule has 63 heavy (non-hydrogen) atoms. The number of alkyl halides is 4. The van der Waals surface area contributed by atoms with Crippen LogP contribution >= 0.6 is 0 Å². The first kappa shape index (κ1) is 46.1. The van der Waals surface area contributed by atoms with Crippen molar-refractivity contribution < 1.29 is 59.4 Å². The second-order valence-electron chi connectivity index (χ2n) is 18.6. The monoisotopic (exact) mass is 906 g/mol. The van der Waals surface area contributed by atoms with Crippen LogP contribution in [-0.2, 0) is 35.1 Å². The molecule has 3 saturated carbocycles. The minimum Gasteiger partial charge on any atom is -0.497 e. The molecule has 20 heteroatoms. The third-order valence-corrected chi connectivity index (χ3v) is 15.0. The lowest BCUT2D eigenvalue weighted by atomic mass is 9.85. The van der Waals surface area contributed by atoms with Crippen molar-refractivity contribution in [3.63, 3.8) is 0 Å². The van der Waals surface area contributed by atoms with Crippen LogP contribution in [0.4, 0.5) is 22.4 Å². The molecule has 0 spiro atoms. The van der Waals surface area contributed by atoms with E-state index in [4.69, 9.17) is 20.6 Å². The summed E-state index contributed by atoms with van der Waals surface area (Å²) in [4.78, 5) is 67.0. The van der Waals surface area contributed by atoms with Crippen LogP contribution in [0.2, 0.25) is 0 Å². The molecule has 344 valence electrons. The molecule has 1 saturated heterocycles. The highest BCUT2D eigenvalue weighted by Gasteiger charge is 2.67. The number of carbonyl (C=O) groups excluding carboxylic acids is 4. The standard InChI is InChI=1S/C43H54F4N6O9S/c1-7-22-17-23-11-9-10-16-43(46,47)33-37(49-29-19-24(60-6)12-15-28(29)48-33)61-31-21-53(38(55)34(41(3,4)5)50-40(57)62-30(23)18-22)32(26(31)8-2)36(54)51-42(20-27(42)35(44)45)39(56)52-63(58,59)25-13-14-25/h1,12,15,19,22-23,25-27,30-32,34-35H,8-11,13-14,16-18,20-21H2,2-6H3,(H,50,57)(H,51,54)(H,52,56)/t22-,23-,26-,27+,30-,31+,32+,34-,42-/m1/s1. The molecule has 3 heterocycles. The van der Waals surface area contributed by atoms with E-state index in [-0.39, 0.29) is 48.6 Å². The molecule has 1 aromatic heterocycles. The first-order valence-corrected chi connectivity index (χ1v) is 23.0. The summed E-state index contributed by atoms with van der Waals surface area (Å²) in [6.07, 6.45) is 0.651. The van der Waals surface area contributed by atoms with Crippen LogP contribution in [0.25, 0.3) is 11.0 Å². The summed E-state index contributed by atoms with van der Waals surface area (Å²) in [5, 5.41) is 4.21. The van der Waals surface area contributed by atoms with Crippen LogP contribution in [-0.4, -0.2) is 102 Å². The van der Waals surface area contributed by atoms with Crippen molar-refractivity contribution in [2.24, 2.45) is 29.1 Å². The fraction of sp³-hybridized carbons (Fsp3) is 0.674. The summed E-state index contributed by atoms with van der Waals surface area (Å²) in [7, 11) is -2.82. The van der Waals surface area contributed by atoms with E-state index < -0.39 is 129 Å². The van der Waals surface area contributed by atoms with Gasteiger partial charge in [0.25, 0.3) is 11.8 Å². The van der Waals surface area contributed by atoms with Gasteiger partial charge < -0.3 is 29.7 Å². The van der Waals surface area contributed by atoms with Crippen LogP contribution < -0.4 is 24.8 Å². The van der Waals surface area contributed by atoms with Gasteiger partial charge >= 0.3 is 6.09 Å². The number of methoxy groups -OCH3 is 1. The van der Waals surface area contributed by atoms with Gasteiger partial charge in [-0.1, -0.05) is 34.1 Å². The number of aromatic nitrogens is 2. The zero-order valence-corrected chi connectivity index (χ0v) is 36.6. The van der Waals surface area contributed by atoms with E-state index in [9.17, 15) is 36.4 Å². The van der Waals surface area contributed by atoms with Gasteiger partial charge in [0, 0.05) is 24.3 Å². The second-order valence-corrected chi connectivity index (χ2v) is 20.6. The number of hydrogen-bond acceptors (Lipinski definition) is 11. The van der Waals surface area contributed by atoms with Crippen molar-refractivity contribution in [3.05, 3.63) is 23.9 Å². The van der Waals surface area contributed by atoms with Gasteiger partial charge in [-0.15, -0.1) is 12.3 Å². The highest BCUT2D eigenvalue weighted by Crippen LogP contribution is 2.49. The summed E-state index contributed by atoms with van der Waals surface area (Å²) in [6.45, 7) is 6.17. The van der Waals surface area contributed by atoms with Crippen molar-refractivity contribution in [1.82, 2.24) is 30.2 Å². The predicted molar refractivity (Wildman–Crippen MR) is 219 cm³/mol. The van der Waals surface area contributed by atoms with Gasteiger partial charge in [0.1, 0.15) is 35.6 Å². The Kier molecular flexibility index (Phi) is 12.6. The van der Waals surface area contributed by atoms with Gasteiger partial charge in [-0.25, -0.2) is 32.0 Å². The third kappa shape index (κ3) is 9.35. The van der Waals surface area contributed by atoms with Gasteiger partial charge in [-0.2, -0.15) is 8.78 Å². The minimum atomic E-state index is -4.23. The largest absolute Gasteiger partial charge is 0.497 e. The zero-order valence-electron chi connectivity index (χ0n) is 35.8. The fourth-order valence-electron chi connectivity index (χ4n) is 9.34. The molecule has 0 radical (unpaired) electrons. The van der Waals surface area contributed by atoms with Crippen molar-refractivity contribution in [2.75, 3.05) is 13.7 Å². The minimum absolute atomic E-state index is 0.0374. The van der Waals surface area contributed by atoms with E-state index in [0.717, 1.165) is 4.90 Å². The van der Waals surface area contributed by atoms with Crippen LogP contribution in [0.1, 0.15) is 97.6 Å². The fourth-order valence-corrected chi connectivity index (χ4v) is 10.7. The quantitative estimate of drug-likeness (QED) is 0.233. The average Bonchev–Trinajstić information content (AvgIpc) is 4.13. The van der Waals surface area contributed by atoms with Crippen LogP contribution in [0, 0.1) is 41.4 Å². The summed E-state index contributed by atoms with van der Waals surface area (Å²) < 4.78 is 107. The number of fused-ring (bicyclic) bond motifs is 5. The Labute approximate surface area is 363 Å². The molecule has 2 aliphatic heterocycles. The number of sulfonamides is 1. The average molecular weight is 907 g/mol. The van der Waals surface area contributed by atoms with Gasteiger partial charge in [0.05, 0.1) is 35.9 Å². The Morgan fingerprint density at radius 2 is 1.81 bits per heavy atom. The van der Waals surface area contributed by atoms with E-state index in [1.54, 1.807) is 33.8 Å². The molecular weight excluding hydrogens is 853 g/mol. The number of halogens is 4. The van der Waals surface area contributed by atoms with Gasteiger partial charge in [0.2, 0.25) is 34.1 Å². The number of carbonyl (C=O) groups is 4. The second kappa shape index (κ2) is 17.2. The Hall–Kier alpha value is -4.93. The highest BCUT2D eigenvalue weighted by molar-refractivity contribution is 7.91. The molecule has 5 aliphatic rings. The Balaban J connectivity index is 1.32. The van der Waals surface area contributed by atoms with Crippen molar-refractivity contribution in [2.45, 2.75) is 139 Å². The maximum atomic E-state index is 16.6. The lowest BCUT2D eigenvalue weighted by Crippen LogP contribution is -2.61. The van der Waals surface area contributed by atoms with E-state index in [2.05, 4.69) is 26.5 Å². The number of nitrogens with zero attached hydrogens (tertiary/aromatic N) is 3. The molecule has 2 bridgehead atoms. The molecule has 2 aromatic rings. The number of hydrogen-bond donors (Lipinski definition) is 3. The number of rotatable bonds is 8. The lowest BCUT2D eigenvalue weighted by molar-refractivity contribution is -0.144. The molecule has 15 nitrogen and oxygen atoms in total. The van der Waals surface area contributed by atoms with E-state index in [1.165, 1.54) is 19.2 Å². The Bertz CT molecular complexity index is 2290. The number of ether oxygens (including phenoxy) is 3. The van der Waals surface area contributed by atoms with E-state index >= 15 is 8.78 Å². The van der Waals surface area contributed by atoms with Crippen molar-refractivity contribution in [3.8, 4) is 24.0 Å². The molecule has 0 unspecified atom stereocenters. The normalized spacial score (nSPS) is 31.3. The summed E-state index contributed by atoms with van der Waals surface area (Å²) in [5.74, 6) is -7.71. The Morgan fingerprint density at radius 3 is 2.43 bits per heavy atom. The van der Waals surface area contributed by atoms with Gasteiger partial charge in [-0.3, -0.25) is 19.1 Å². The van der Waals surface area contributed by atoms with Gasteiger partial charge in [0.15, 0.2) is 5.69 Å². The van der Waals surface area contributed by atoms with Crippen molar-refractivity contribution in [1.29, 1.82) is 0 Å². The summed E-state index contributed by atoms with van der Waals surface area (Å²) in [6, 6.07) is 1.50. The molecule has 4 fully saturated rings. The number of alkyl carbamates (subject to hydrolysis) is 1. The maximum Gasteiger partial charge on any atom is 0.408 e. The lowest BCUT2D eigenvalue weighted by Gasteiger charge is -2.36.